The predicted molar refractivity (Wildman–Crippen MR) is 58.7 cm³/mol. The third-order valence-electron chi connectivity index (χ3n) is 2.12. The van der Waals surface area contributed by atoms with E-state index in [9.17, 15) is 0 Å². The maximum absolute atomic E-state index is 4.53. The minimum Gasteiger partial charge on any atom is -0.313 e. The molecule has 1 aromatic carbocycles. The first-order chi connectivity index (χ1) is 7.42. The Bertz CT molecular complexity index is 537. The normalized spacial score (nSPS) is 10.9. The van der Waals surface area contributed by atoms with Gasteiger partial charge in [-0.25, -0.2) is 4.98 Å². The van der Waals surface area contributed by atoms with Gasteiger partial charge in [0, 0.05) is 0 Å². The number of aromatic nitrogens is 4. The molecule has 0 radical (unpaired) electrons. The second-order valence-corrected chi connectivity index (χ2v) is 4.32. The maximum Gasteiger partial charge on any atom is 0.119 e. The Balaban J connectivity index is 1.98. The number of benzene rings is 1. The van der Waals surface area contributed by atoms with E-state index in [2.05, 4.69) is 21.2 Å². The first-order valence-corrected chi connectivity index (χ1v) is 5.40. The number of rotatable bonds is 2. The van der Waals surface area contributed by atoms with Crippen molar-refractivity contribution in [3.63, 3.8) is 0 Å². The van der Waals surface area contributed by atoms with E-state index in [1.54, 1.807) is 24.0 Å². The molecule has 0 spiro atoms. The lowest BCUT2D eigenvalue weighted by molar-refractivity contribution is 0.789. The number of thiazole rings is 1. The van der Waals surface area contributed by atoms with Crippen LogP contribution in [0.25, 0.3) is 10.2 Å². The van der Waals surface area contributed by atoms with Gasteiger partial charge in [-0.15, -0.1) is 21.5 Å². The predicted octanol–water partition coefficient (Wildman–Crippen LogP) is 1.94. The number of hydrogen-bond acceptors (Lipinski definition) is 4. The van der Waals surface area contributed by atoms with Crippen molar-refractivity contribution >= 4 is 21.6 Å². The van der Waals surface area contributed by atoms with Crippen LogP contribution in [0.5, 0.6) is 0 Å². The summed E-state index contributed by atoms with van der Waals surface area (Å²) in [6.07, 6.45) is 3.40. The number of para-hydroxylation sites is 1. The third-order valence-corrected chi connectivity index (χ3v) is 3.14. The lowest BCUT2D eigenvalue weighted by atomic mass is 10.3. The molecule has 0 saturated carbocycles. The minimum absolute atomic E-state index is 0.742. The molecule has 3 aromatic rings. The molecule has 0 atom stereocenters. The van der Waals surface area contributed by atoms with Gasteiger partial charge in [-0.05, 0) is 12.1 Å². The Labute approximate surface area is 90.2 Å². The fraction of sp³-hybridized carbons (Fsp3) is 0.100. The molecule has 0 amide bonds. The summed E-state index contributed by atoms with van der Waals surface area (Å²) >= 11 is 1.71. The largest absolute Gasteiger partial charge is 0.313 e. The summed E-state index contributed by atoms with van der Waals surface area (Å²) in [5, 5.41) is 8.60. The number of fused-ring (bicyclic) bond motifs is 1. The highest BCUT2D eigenvalue weighted by atomic mass is 32.1. The highest BCUT2D eigenvalue weighted by Crippen LogP contribution is 2.21. The minimum atomic E-state index is 0.742. The van der Waals surface area contributed by atoms with E-state index in [1.165, 1.54) is 4.70 Å². The van der Waals surface area contributed by atoms with Crippen molar-refractivity contribution in [2.75, 3.05) is 0 Å². The monoisotopic (exact) mass is 216 g/mol. The zero-order valence-corrected chi connectivity index (χ0v) is 8.68. The Hall–Kier alpha value is -1.75. The SMILES string of the molecule is c1ccc2sc(Cn3cnnc3)nc2c1. The van der Waals surface area contributed by atoms with Gasteiger partial charge in [0.1, 0.15) is 17.7 Å². The molecule has 0 unspecified atom stereocenters. The third kappa shape index (κ3) is 1.61. The number of nitrogens with zero attached hydrogens (tertiary/aromatic N) is 4. The topological polar surface area (TPSA) is 43.6 Å². The molecule has 3 rings (SSSR count). The van der Waals surface area contributed by atoms with Crippen molar-refractivity contribution in [3.8, 4) is 0 Å². The van der Waals surface area contributed by atoms with E-state index in [4.69, 9.17) is 0 Å². The van der Waals surface area contributed by atoms with E-state index in [-0.39, 0.29) is 0 Å². The Morgan fingerprint density at radius 3 is 2.73 bits per heavy atom. The van der Waals surface area contributed by atoms with E-state index >= 15 is 0 Å². The molecule has 0 N–H and O–H groups in total. The fourth-order valence-corrected chi connectivity index (χ4v) is 2.42. The van der Waals surface area contributed by atoms with Crippen LogP contribution in [0.3, 0.4) is 0 Å². The van der Waals surface area contributed by atoms with Crippen molar-refractivity contribution in [1.29, 1.82) is 0 Å². The first-order valence-electron chi connectivity index (χ1n) is 4.59. The molecule has 0 aliphatic heterocycles. The van der Waals surface area contributed by atoms with Crippen LogP contribution < -0.4 is 0 Å². The molecule has 0 saturated heterocycles. The first kappa shape index (κ1) is 8.55. The average Bonchev–Trinajstić information content (AvgIpc) is 2.86. The molecule has 0 aliphatic rings. The molecule has 4 nitrogen and oxygen atoms in total. The summed E-state index contributed by atoms with van der Waals surface area (Å²) in [5.41, 5.74) is 1.06. The van der Waals surface area contributed by atoms with Gasteiger partial charge in [0.15, 0.2) is 0 Å². The van der Waals surface area contributed by atoms with Gasteiger partial charge in [-0.1, -0.05) is 12.1 Å². The standard InChI is InChI=1S/C10H8N4S/c1-2-4-9-8(3-1)13-10(15-9)5-14-6-11-12-7-14/h1-4,6-7H,5H2. The van der Waals surface area contributed by atoms with Gasteiger partial charge in [0.05, 0.1) is 16.8 Å². The van der Waals surface area contributed by atoms with Gasteiger partial charge in [-0.3, -0.25) is 0 Å². The summed E-state index contributed by atoms with van der Waals surface area (Å²) in [5.74, 6) is 0. The molecule has 0 fully saturated rings. The second kappa shape index (κ2) is 3.43. The van der Waals surface area contributed by atoms with E-state index in [0.29, 0.717) is 0 Å². The van der Waals surface area contributed by atoms with Crippen molar-refractivity contribution in [2.24, 2.45) is 0 Å². The van der Waals surface area contributed by atoms with Crippen molar-refractivity contribution < 1.29 is 0 Å². The Kier molecular flexibility index (Phi) is 1.96. The molecule has 0 bridgehead atoms. The van der Waals surface area contributed by atoms with E-state index in [1.807, 2.05) is 22.8 Å². The summed E-state index contributed by atoms with van der Waals surface area (Å²) in [4.78, 5) is 4.53. The zero-order valence-electron chi connectivity index (χ0n) is 7.87. The van der Waals surface area contributed by atoms with Gasteiger partial charge < -0.3 is 4.57 Å². The lowest BCUT2D eigenvalue weighted by Crippen LogP contribution is -1.94. The second-order valence-electron chi connectivity index (χ2n) is 3.21. The molecule has 2 aromatic heterocycles. The summed E-state index contributed by atoms with van der Waals surface area (Å²) < 4.78 is 3.14. The summed E-state index contributed by atoms with van der Waals surface area (Å²) in [6.45, 7) is 0.742. The van der Waals surface area contributed by atoms with Crippen molar-refractivity contribution in [3.05, 3.63) is 41.9 Å². The smallest absolute Gasteiger partial charge is 0.119 e. The zero-order chi connectivity index (χ0) is 10.1. The summed E-state index contributed by atoms with van der Waals surface area (Å²) in [7, 11) is 0. The van der Waals surface area contributed by atoms with Crippen LogP contribution in [-0.2, 0) is 6.54 Å². The molecule has 2 heterocycles. The Morgan fingerprint density at radius 2 is 1.93 bits per heavy atom. The van der Waals surface area contributed by atoms with Crippen LogP contribution in [0.1, 0.15) is 5.01 Å². The van der Waals surface area contributed by atoms with Gasteiger partial charge in [0.2, 0.25) is 0 Å². The Morgan fingerprint density at radius 1 is 1.13 bits per heavy atom. The molecule has 74 valence electrons. The lowest BCUT2D eigenvalue weighted by Gasteiger charge is -1.93. The molecule has 5 heteroatoms. The number of hydrogen-bond donors (Lipinski definition) is 0. The van der Waals surface area contributed by atoms with Crippen LogP contribution in [0, 0.1) is 0 Å². The van der Waals surface area contributed by atoms with Crippen LogP contribution >= 0.6 is 11.3 Å². The average molecular weight is 216 g/mol. The van der Waals surface area contributed by atoms with Gasteiger partial charge in [0.25, 0.3) is 0 Å². The quantitative estimate of drug-likeness (QED) is 0.657. The molecule has 0 aliphatic carbocycles. The van der Waals surface area contributed by atoms with Gasteiger partial charge in [-0.2, -0.15) is 0 Å². The summed E-state index contributed by atoms with van der Waals surface area (Å²) in [6, 6.07) is 8.15. The molecular weight excluding hydrogens is 208 g/mol. The fourth-order valence-electron chi connectivity index (χ4n) is 1.45. The highest BCUT2D eigenvalue weighted by Gasteiger charge is 2.03. The molecular formula is C10H8N4S. The van der Waals surface area contributed by atoms with Crippen molar-refractivity contribution in [1.82, 2.24) is 19.7 Å². The van der Waals surface area contributed by atoms with Crippen LogP contribution in [0.4, 0.5) is 0 Å². The van der Waals surface area contributed by atoms with Crippen LogP contribution in [0.15, 0.2) is 36.9 Å². The van der Waals surface area contributed by atoms with Crippen LogP contribution in [0.2, 0.25) is 0 Å². The highest BCUT2D eigenvalue weighted by molar-refractivity contribution is 7.18. The van der Waals surface area contributed by atoms with Gasteiger partial charge >= 0.3 is 0 Å². The van der Waals surface area contributed by atoms with E-state index in [0.717, 1.165) is 17.1 Å². The van der Waals surface area contributed by atoms with Crippen LogP contribution in [-0.4, -0.2) is 19.7 Å². The van der Waals surface area contributed by atoms with Crippen molar-refractivity contribution in [2.45, 2.75) is 6.54 Å². The molecule has 15 heavy (non-hydrogen) atoms. The van der Waals surface area contributed by atoms with E-state index < -0.39 is 0 Å². The maximum atomic E-state index is 4.53.